The second-order valence-electron chi connectivity index (χ2n) is 5.27. The molecule has 0 bridgehead atoms. The first-order valence-corrected chi connectivity index (χ1v) is 6.44. The molecule has 1 fully saturated rings. The lowest BCUT2D eigenvalue weighted by Gasteiger charge is -2.30. The Balaban J connectivity index is 2.23. The molecule has 0 aromatic heterocycles. The highest BCUT2D eigenvalue weighted by Crippen LogP contribution is 2.18. The van der Waals surface area contributed by atoms with Gasteiger partial charge in [0.05, 0.1) is 0 Å². The Morgan fingerprint density at radius 2 is 1.71 bits per heavy atom. The molecule has 0 N–H and O–H groups in total. The van der Waals surface area contributed by atoms with Crippen molar-refractivity contribution < 1.29 is 0 Å². The van der Waals surface area contributed by atoms with Gasteiger partial charge >= 0.3 is 0 Å². The zero-order valence-corrected chi connectivity index (χ0v) is 10.3. The van der Waals surface area contributed by atoms with Crippen molar-refractivity contribution in [2.75, 3.05) is 19.6 Å². The molecule has 1 atom stereocenters. The Morgan fingerprint density at radius 3 is 2.21 bits per heavy atom. The molecule has 0 radical (unpaired) electrons. The topological polar surface area (TPSA) is 3.24 Å². The van der Waals surface area contributed by atoms with Crippen LogP contribution < -0.4 is 0 Å². The van der Waals surface area contributed by atoms with Crippen molar-refractivity contribution in [1.82, 2.24) is 4.90 Å². The minimum atomic E-state index is 0.866. The van der Waals surface area contributed by atoms with Crippen LogP contribution >= 0.6 is 0 Å². The van der Waals surface area contributed by atoms with E-state index in [9.17, 15) is 0 Å². The van der Waals surface area contributed by atoms with Crippen molar-refractivity contribution in [3.8, 4) is 0 Å². The van der Waals surface area contributed by atoms with Gasteiger partial charge in [0.25, 0.3) is 0 Å². The SMILES string of the molecule is CCC(CC(C)C)CN1CCCCC1. The molecule has 0 aliphatic carbocycles. The first-order valence-electron chi connectivity index (χ1n) is 6.44. The highest BCUT2D eigenvalue weighted by Gasteiger charge is 2.15. The molecule has 0 aromatic carbocycles. The Bertz CT molecular complexity index is 136. The molecule has 1 heteroatoms. The molecular formula is C13H27N. The van der Waals surface area contributed by atoms with E-state index in [1.165, 1.54) is 51.7 Å². The Morgan fingerprint density at radius 1 is 1.07 bits per heavy atom. The lowest BCUT2D eigenvalue weighted by Crippen LogP contribution is -2.34. The maximum Gasteiger partial charge on any atom is 0.000965 e. The molecular weight excluding hydrogens is 170 g/mol. The molecule has 0 spiro atoms. The van der Waals surface area contributed by atoms with Crippen molar-refractivity contribution in [2.45, 2.75) is 52.9 Å². The predicted molar refractivity (Wildman–Crippen MR) is 63.5 cm³/mol. The molecule has 0 saturated carbocycles. The first kappa shape index (κ1) is 12.0. The van der Waals surface area contributed by atoms with Crippen LogP contribution in [0.4, 0.5) is 0 Å². The largest absolute Gasteiger partial charge is 0.303 e. The van der Waals surface area contributed by atoms with E-state index in [1.807, 2.05) is 0 Å². The van der Waals surface area contributed by atoms with Crippen molar-refractivity contribution in [1.29, 1.82) is 0 Å². The third kappa shape index (κ3) is 4.45. The lowest BCUT2D eigenvalue weighted by molar-refractivity contribution is 0.181. The van der Waals surface area contributed by atoms with Crippen LogP contribution in [-0.4, -0.2) is 24.5 Å². The Labute approximate surface area is 89.9 Å². The standard InChI is InChI=1S/C13H27N/c1-4-13(10-12(2)3)11-14-8-6-5-7-9-14/h12-13H,4-11H2,1-3H3. The number of piperidine rings is 1. The average molecular weight is 197 g/mol. The Hall–Kier alpha value is -0.0400. The number of hydrogen-bond donors (Lipinski definition) is 0. The molecule has 0 aromatic rings. The minimum absolute atomic E-state index is 0.866. The zero-order chi connectivity index (χ0) is 10.4. The third-order valence-corrected chi connectivity index (χ3v) is 3.35. The third-order valence-electron chi connectivity index (χ3n) is 3.35. The Kier molecular flexibility index (Phi) is 5.54. The summed E-state index contributed by atoms with van der Waals surface area (Å²) < 4.78 is 0. The molecule has 1 unspecified atom stereocenters. The van der Waals surface area contributed by atoms with Crippen LogP contribution in [0.25, 0.3) is 0 Å². The summed E-state index contributed by atoms with van der Waals surface area (Å²) in [6.45, 7) is 11.1. The van der Waals surface area contributed by atoms with Gasteiger partial charge in [-0.3, -0.25) is 0 Å². The van der Waals surface area contributed by atoms with Gasteiger partial charge in [0.2, 0.25) is 0 Å². The molecule has 14 heavy (non-hydrogen) atoms. The highest BCUT2D eigenvalue weighted by molar-refractivity contribution is 4.70. The van der Waals surface area contributed by atoms with E-state index in [2.05, 4.69) is 25.7 Å². The van der Waals surface area contributed by atoms with E-state index in [-0.39, 0.29) is 0 Å². The summed E-state index contributed by atoms with van der Waals surface area (Å²) in [4.78, 5) is 2.68. The summed E-state index contributed by atoms with van der Waals surface area (Å²) in [5.41, 5.74) is 0. The number of likely N-dealkylation sites (tertiary alicyclic amines) is 1. The number of hydrogen-bond acceptors (Lipinski definition) is 1. The highest BCUT2D eigenvalue weighted by atomic mass is 15.1. The van der Waals surface area contributed by atoms with Crippen molar-refractivity contribution in [3.63, 3.8) is 0 Å². The van der Waals surface area contributed by atoms with Crippen molar-refractivity contribution >= 4 is 0 Å². The van der Waals surface area contributed by atoms with Gasteiger partial charge < -0.3 is 4.90 Å². The quantitative estimate of drug-likeness (QED) is 0.651. The van der Waals surface area contributed by atoms with E-state index >= 15 is 0 Å². The molecule has 1 aliphatic heterocycles. The normalized spacial score (nSPS) is 21.4. The van der Waals surface area contributed by atoms with E-state index in [4.69, 9.17) is 0 Å². The van der Waals surface area contributed by atoms with Crippen LogP contribution in [0.2, 0.25) is 0 Å². The van der Waals surface area contributed by atoms with Crippen LogP contribution in [0.5, 0.6) is 0 Å². The summed E-state index contributed by atoms with van der Waals surface area (Å²) in [5, 5.41) is 0. The number of rotatable bonds is 5. The molecule has 1 heterocycles. The zero-order valence-electron chi connectivity index (χ0n) is 10.3. The van der Waals surface area contributed by atoms with Crippen LogP contribution in [0.15, 0.2) is 0 Å². The number of nitrogens with zero attached hydrogens (tertiary/aromatic N) is 1. The summed E-state index contributed by atoms with van der Waals surface area (Å²) in [6.07, 6.45) is 7.08. The van der Waals surface area contributed by atoms with E-state index < -0.39 is 0 Å². The van der Waals surface area contributed by atoms with Gasteiger partial charge in [-0.2, -0.15) is 0 Å². The van der Waals surface area contributed by atoms with Gasteiger partial charge in [-0.25, -0.2) is 0 Å². The van der Waals surface area contributed by atoms with Gasteiger partial charge in [0, 0.05) is 6.54 Å². The van der Waals surface area contributed by atoms with Crippen LogP contribution in [0.3, 0.4) is 0 Å². The summed E-state index contributed by atoms with van der Waals surface area (Å²) in [5.74, 6) is 1.80. The summed E-state index contributed by atoms with van der Waals surface area (Å²) >= 11 is 0. The lowest BCUT2D eigenvalue weighted by atomic mass is 9.93. The van der Waals surface area contributed by atoms with Gasteiger partial charge in [0.15, 0.2) is 0 Å². The van der Waals surface area contributed by atoms with Gasteiger partial charge in [-0.1, -0.05) is 33.6 Å². The van der Waals surface area contributed by atoms with Crippen LogP contribution in [-0.2, 0) is 0 Å². The second-order valence-corrected chi connectivity index (χ2v) is 5.27. The second kappa shape index (κ2) is 6.44. The summed E-state index contributed by atoms with van der Waals surface area (Å²) in [7, 11) is 0. The average Bonchev–Trinajstić information content (AvgIpc) is 2.17. The monoisotopic (exact) mass is 197 g/mol. The first-order chi connectivity index (χ1) is 6.72. The molecule has 1 rings (SSSR count). The van der Waals surface area contributed by atoms with Gasteiger partial charge in [-0.15, -0.1) is 0 Å². The maximum absolute atomic E-state index is 2.68. The fourth-order valence-corrected chi connectivity index (χ4v) is 2.54. The van der Waals surface area contributed by atoms with Crippen LogP contribution in [0.1, 0.15) is 52.9 Å². The molecule has 1 aliphatic rings. The minimum Gasteiger partial charge on any atom is -0.303 e. The van der Waals surface area contributed by atoms with Gasteiger partial charge in [0.1, 0.15) is 0 Å². The smallest absolute Gasteiger partial charge is 0.000965 e. The van der Waals surface area contributed by atoms with Crippen LogP contribution in [0, 0.1) is 11.8 Å². The van der Waals surface area contributed by atoms with Crippen molar-refractivity contribution in [3.05, 3.63) is 0 Å². The molecule has 84 valence electrons. The maximum atomic E-state index is 2.68. The van der Waals surface area contributed by atoms with Gasteiger partial charge in [-0.05, 0) is 44.2 Å². The van der Waals surface area contributed by atoms with E-state index in [0.29, 0.717) is 0 Å². The molecule has 1 saturated heterocycles. The fraction of sp³-hybridized carbons (Fsp3) is 1.00. The fourth-order valence-electron chi connectivity index (χ4n) is 2.54. The van der Waals surface area contributed by atoms with Crippen molar-refractivity contribution in [2.24, 2.45) is 11.8 Å². The molecule has 0 amide bonds. The molecule has 1 nitrogen and oxygen atoms in total. The predicted octanol–water partition coefficient (Wildman–Crippen LogP) is 3.54. The summed E-state index contributed by atoms with van der Waals surface area (Å²) in [6, 6.07) is 0. The van der Waals surface area contributed by atoms with E-state index in [1.54, 1.807) is 0 Å². The van der Waals surface area contributed by atoms with E-state index in [0.717, 1.165) is 11.8 Å².